The number of sulfonamides is 1. The summed E-state index contributed by atoms with van der Waals surface area (Å²) < 4.78 is 26.2. The van der Waals surface area contributed by atoms with Gasteiger partial charge in [0.25, 0.3) is 0 Å². The molecule has 0 saturated heterocycles. The predicted octanol–water partition coefficient (Wildman–Crippen LogP) is 2.39. The van der Waals surface area contributed by atoms with Gasteiger partial charge >= 0.3 is 0 Å². The van der Waals surface area contributed by atoms with Crippen LogP contribution in [0.2, 0.25) is 0 Å². The van der Waals surface area contributed by atoms with E-state index in [4.69, 9.17) is 0 Å². The van der Waals surface area contributed by atoms with Gasteiger partial charge in [-0.1, -0.05) is 35.2 Å². The summed E-state index contributed by atoms with van der Waals surface area (Å²) in [5, 5.41) is 8.92. The topological polar surface area (TPSA) is 63.2 Å². The molecule has 1 aromatic heterocycles. The molecule has 20 heavy (non-hydrogen) atoms. The molecule has 0 fully saturated rings. The number of rotatable bonds is 5. The first-order chi connectivity index (χ1) is 9.39. The molecule has 0 N–H and O–H groups in total. The van der Waals surface area contributed by atoms with Crippen molar-refractivity contribution in [3.63, 3.8) is 0 Å². The Labute approximate surface area is 127 Å². The smallest absolute Gasteiger partial charge is 0.207 e. The fourth-order valence-corrected chi connectivity index (χ4v) is 4.22. The first-order valence-corrected chi connectivity index (χ1v) is 9.08. The summed E-state index contributed by atoms with van der Waals surface area (Å²) in [6, 6.07) is 6.99. The lowest BCUT2D eigenvalue weighted by Crippen LogP contribution is -2.22. The van der Waals surface area contributed by atoms with Crippen LogP contribution in [0.4, 0.5) is 0 Å². The van der Waals surface area contributed by atoms with Crippen molar-refractivity contribution in [2.75, 3.05) is 14.1 Å². The lowest BCUT2D eigenvalue weighted by Gasteiger charge is -2.12. The number of aryl methyl sites for hydroxylation is 1. The third kappa shape index (κ3) is 3.57. The van der Waals surface area contributed by atoms with Crippen LogP contribution in [0.25, 0.3) is 0 Å². The van der Waals surface area contributed by atoms with Crippen LogP contribution in [0.15, 0.2) is 33.5 Å². The van der Waals surface area contributed by atoms with Crippen LogP contribution in [0.3, 0.4) is 0 Å². The molecule has 0 atom stereocenters. The van der Waals surface area contributed by atoms with Gasteiger partial charge in [-0.2, -0.15) is 0 Å². The van der Waals surface area contributed by atoms with Crippen LogP contribution in [0, 0.1) is 6.92 Å². The maximum absolute atomic E-state index is 12.1. The molecule has 0 aliphatic carbocycles. The van der Waals surface area contributed by atoms with Gasteiger partial charge in [0.05, 0.1) is 4.90 Å². The Kier molecular flexibility index (Phi) is 4.79. The second kappa shape index (κ2) is 6.21. The fraction of sp³-hybridized carbons (Fsp3) is 0.333. The summed E-state index contributed by atoms with van der Waals surface area (Å²) >= 11 is 3.09. The average molecular weight is 329 g/mol. The fourth-order valence-electron chi connectivity index (χ4n) is 1.49. The second-order valence-corrected chi connectivity index (χ2v) is 8.87. The zero-order chi connectivity index (χ0) is 14.8. The van der Waals surface area contributed by atoms with Gasteiger partial charge in [0, 0.05) is 19.8 Å². The summed E-state index contributed by atoms with van der Waals surface area (Å²) in [5.41, 5.74) is 0.950. The number of aromatic nitrogens is 2. The van der Waals surface area contributed by atoms with Gasteiger partial charge < -0.3 is 0 Å². The molecule has 2 rings (SSSR count). The second-order valence-electron chi connectivity index (χ2n) is 4.31. The minimum atomic E-state index is -3.38. The van der Waals surface area contributed by atoms with Crippen molar-refractivity contribution in [2.45, 2.75) is 21.9 Å². The van der Waals surface area contributed by atoms with E-state index in [-0.39, 0.29) is 0 Å². The van der Waals surface area contributed by atoms with Gasteiger partial charge in [-0.05, 0) is 24.6 Å². The third-order valence-corrected chi connectivity index (χ3v) is 6.40. The quantitative estimate of drug-likeness (QED) is 0.788. The lowest BCUT2D eigenvalue weighted by atomic mass is 10.2. The van der Waals surface area contributed by atoms with Gasteiger partial charge in [-0.15, -0.1) is 10.2 Å². The number of hydrogen-bond acceptors (Lipinski definition) is 6. The molecular weight excluding hydrogens is 314 g/mol. The van der Waals surface area contributed by atoms with Crippen molar-refractivity contribution in [2.24, 2.45) is 0 Å². The number of hydrogen-bond donors (Lipinski definition) is 0. The Morgan fingerprint density at radius 2 is 2.05 bits per heavy atom. The van der Waals surface area contributed by atoms with Crippen molar-refractivity contribution in [1.82, 2.24) is 14.5 Å². The Hall–Kier alpha value is -0.960. The first-order valence-electron chi connectivity index (χ1n) is 5.84. The Morgan fingerprint density at radius 3 is 2.65 bits per heavy atom. The Bertz CT molecular complexity index is 695. The van der Waals surface area contributed by atoms with E-state index in [9.17, 15) is 8.42 Å². The molecule has 0 spiro atoms. The molecule has 8 heteroatoms. The summed E-state index contributed by atoms with van der Waals surface area (Å²) in [4.78, 5) is 0.314. The summed E-state index contributed by atoms with van der Waals surface area (Å²) in [5.74, 6) is 0.672. The van der Waals surface area contributed by atoms with Gasteiger partial charge in [0.1, 0.15) is 5.01 Å². The molecule has 108 valence electrons. The SMILES string of the molecule is Cc1nnc(SCc2cccc(S(=O)(=O)N(C)C)c2)s1. The van der Waals surface area contributed by atoms with Gasteiger partial charge in [-0.25, -0.2) is 12.7 Å². The predicted molar refractivity (Wildman–Crippen MR) is 81.5 cm³/mol. The van der Waals surface area contributed by atoms with Gasteiger partial charge in [0.15, 0.2) is 4.34 Å². The van der Waals surface area contributed by atoms with Crippen LogP contribution >= 0.6 is 23.1 Å². The maximum Gasteiger partial charge on any atom is 0.242 e. The molecule has 1 aromatic carbocycles. The van der Waals surface area contributed by atoms with Crippen molar-refractivity contribution in [1.29, 1.82) is 0 Å². The minimum Gasteiger partial charge on any atom is -0.207 e. The van der Waals surface area contributed by atoms with E-state index in [2.05, 4.69) is 10.2 Å². The van der Waals surface area contributed by atoms with E-state index in [1.54, 1.807) is 30.0 Å². The van der Waals surface area contributed by atoms with Crippen LogP contribution in [0.5, 0.6) is 0 Å². The molecule has 2 aromatic rings. The highest BCUT2D eigenvalue weighted by atomic mass is 32.2. The number of benzene rings is 1. The molecule has 0 bridgehead atoms. The molecule has 0 aliphatic rings. The molecule has 0 aliphatic heterocycles. The Balaban J connectivity index is 2.14. The third-order valence-electron chi connectivity index (χ3n) is 2.55. The van der Waals surface area contributed by atoms with Crippen LogP contribution in [-0.2, 0) is 15.8 Å². The van der Waals surface area contributed by atoms with Gasteiger partial charge in [0.2, 0.25) is 10.0 Å². The summed E-state index contributed by atoms with van der Waals surface area (Å²) in [6.45, 7) is 1.91. The van der Waals surface area contributed by atoms with E-state index in [0.717, 1.165) is 14.9 Å². The van der Waals surface area contributed by atoms with E-state index in [0.29, 0.717) is 10.6 Å². The maximum atomic E-state index is 12.1. The molecule has 0 unspecified atom stereocenters. The molecule has 0 saturated carbocycles. The zero-order valence-corrected chi connectivity index (χ0v) is 13.8. The summed E-state index contributed by atoms with van der Waals surface area (Å²) in [7, 11) is -0.322. The normalized spacial score (nSPS) is 12.0. The van der Waals surface area contributed by atoms with E-state index < -0.39 is 10.0 Å². The largest absolute Gasteiger partial charge is 0.242 e. The number of thioether (sulfide) groups is 1. The standard InChI is InChI=1S/C12H15N3O2S3/c1-9-13-14-12(19-9)18-8-10-5-4-6-11(7-10)20(16,17)15(2)3/h4-7H,8H2,1-3H3. The highest BCUT2D eigenvalue weighted by molar-refractivity contribution is 8.00. The molecule has 0 radical (unpaired) electrons. The van der Waals surface area contributed by atoms with Crippen molar-refractivity contribution in [3.05, 3.63) is 34.8 Å². The zero-order valence-electron chi connectivity index (χ0n) is 11.4. The number of nitrogens with zero attached hydrogens (tertiary/aromatic N) is 3. The molecule has 5 nitrogen and oxygen atoms in total. The minimum absolute atomic E-state index is 0.314. The van der Waals surface area contributed by atoms with E-state index in [1.165, 1.54) is 29.7 Å². The Morgan fingerprint density at radius 1 is 1.30 bits per heavy atom. The summed E-state index contributed by atoms with van der Waals surface area (Å²) in [6.07, 6.45) is 0. The van der Waals surface area contributed by atoms with Gasteiger partial charge in [-0.3, -0.25) is 0 Å². The molecule has 0 amide bonds. The van der Waals surface area contributed by atoms with E-state index in [1.807, 2.05) is 13.0 Å². The highest BCUT2D eigenvalue weighted by Crippen LogP contribution is 2.26. The van der Waals surface area contributed by atoms with Crippen molar-refractivity contribution in [3.8, 4) is 0 Å². The van der Waals surface area contributed by atoms with E-state index >= 15 is 0 Å². The molecular formula is C12H15N3O2S3. The highest BCUT2D eigenvalue weighted by Gasteiger charge is 2.17. The van der Waals surface area contributed by atoms with Crippen LogP contribution < -0.4 is 0 Å². The lowest BCUT2D eigenvalue weighted by molar-refractivity contribution is 0.520. The first kappa shape index (κ1) is 15.4. The van der Waals surface area contributed by atoms with Crippen LogP contribution in [-0.4, -0.2) is 37.0 Å². The molecule has 1 heterocycles. The average Bonchev–Trinajstić information content (AvgIpc) is 2.82. The van der Waals surface area contributed by atoms with Crippen molar-refractivity contribution >= 4 is 33.1 Å². The monoisotopic (exact) mass is 329 g/mol. The van der Waals surface area contributed by atoms with Crippen LogP contribution in [0.1, 0.15) is 10.6 Å². The van der Waals surface area contributed by atoms with Crippen molar-refractivity contribution < 1.29 is 8.42 Å².